The topological polar surface area (TPSA) is 65.6 Å². The number of amides is 1. The molecule has 0 atom stereocenters. The summed E-state index contributed by atoms with van der Waals surface area (Å²) in [5.74, 6) is -0.203. The summed E-state index contributed by atoms with van der Waals surface area (Å²) in [5.41, 5.74) is 4.76. The van der Waals surface area contributed by atoms with E-state index in [0.29, 0.717) is 17.7 Å². The molecule has 0 aliphatic carbocycles. The average Bonchev–Trinajstić information content (AvgIpc) is 2.76. The van der Waals surface area contributed by atoms with Gasteiger partial charge in [0.2, 0.25) is 0 Å². The normalized spacial score (nSPS) is 10.7. The van der Waals surface area contributed by atoms with Crippen LogP contribution in [0.4, 0.5) is 0 Å². The number of hydrogen-bond acceptors (Lipinski definition) is 3. The maximum absolute atomic E-state index is 12.5. The molecule has 0 fully saturated rings. The number of nitrogens with one attached hydrogen (secondary N) is 1. The predicted molar refractivity (Wildman–Crippen MR) is 113 cm³/mol. The van der Waals surface area contributed by atoms with E-state index in [2.05, 4.69) is 10.5 Å². The van der Waals surface area contributed by atoms with Gasteiger partial charge in [0.05, 0.1) is 6.21 Å². The Labute approximate surface area is 180 Å². The van der Waals surface area contributed by atoms with E-state index in [-0.39, 0.29) is 24.1 Å². The zero-order chi connectivity index (χ0) is 20.1. The number of benzene rings is 3. The lowest BCUT2D eigenvalue weighted by Gasteiger charge is -2.05. The van der Waals surface area contributed by atoms with Crippen molar-refractivity contribution in [3.63, 3.8) is 0 Å². The van der Waals surface area contributed by atoms with Crippen LogP contribution in [0.15, 0.2) is 96.4 Å². The number of pyridine rings is 1. The Bertz CT molecular complexity index is 1190. The van der Waals surface area contributed by atoms with Crippen molar-refractivity contribution in [3.8, 4) is 5.75 Å². The zero-order valence-electron chi connectivity index (χ0n) is 16.1. The van der Waals surface area contributed by atoms with Crippen molar-refractivity contribution in [1.29, 1.82) is 0 Å². The molecule has 0 unspecified atom stereocenters. The molecule has 1 heterocycles. The van der Waals surface area contributed by atoms with E-state index in [1.54, 1.807) is 18.3 Å². The van der Waals surface area contributed by atoms with Gasteiger partial charge < -0.3 is 17.5 Å². The SMILES string of the molecule is O=C(N/N=C/c1c(O)ccc2ccccc12)c1ccc[n+](Cc2ccccc2)c1.[Cl-]. The molecular weight excluding hydrogens is 398 g/mol. The Morgan fingerprint density at radius 3 is 2.57 bits per heavy atom. The molecule has 6 heteroatoms. The number of hydrogen-bond donors (Lipinski definition) is 2. The first-order valence-corrected chi connectivity index (χ1v) is 9.28. The highest BCUT2D eigenvalue weighted by molar-refractivity contribution is 6.03. The van der Waals surface area contributed by atoms with Gasteiger partial charge in [0.1, 0.15) is 11.3 Å². The molecule has 1 aromatic heterocycles. The van der Waals surface area contributed by atoms with Crippen molar-refractivity contribution in [1.82, 2.24) is 5.43 Å². The van der Waals surface area contributed by atoms with Gasteiger partial charge in [-0.1, -0.05) is 60.7 Å². The van der Waals surface area contributed by atoms with Crippen LogP contribution in [-0.2, 0) is 6.54 Å². The molecule has 0 saturated heterocycles. The number of phenolic OH excluding ortho intramolecular Hbond substituents is 1. The van der Waals surface area contributed by atoms with Crippen LogP contribution >= 0.6 is 0 Å². The summed E-state index contributed by atoms with van der Waals surface area (Å²) in [4.78, 5) is 12.5. The molecule has 3 aromatic carbocycles. The van der Waals surface area contributed by atoms with E-state index in [4.69, 9.17) is 0 Å². The van der Waals surface area contributed by atoms with E-state index in [9.17, 15) is 9.90 Å². The van der Waals surface area contributed by atoms with Crippen molar-refractivity contribution in [2.24, 2.45) is 5.10 Å². The van der Waals surface area contributed by atoms with Gasteiger partial charge in [-0.05, 0) is 22.9 Å². The van der Waals surface area contributed by atoms with Crippen LogP contribution in [0.5, 0.6) is 5.75 Å². The second kappa shape index (κ2) is 9.67. The number of fused-ring (bicyclic) bond motifs is 1. The van der Waals surface area contributed by atoms with Crippen molar-refractivity contribution >= 4 is 22.9 Å². The first-order chi connectivity index (χ1) is 14.2. The molecule has 4 aromatic rings. The number of carbonyl (C=O) groups excluding carboxylic acids is 1. The molecule has 150 valence electrons. The van der Waals surface area contributed by atoms with Crippen molar-refractivity contribution in [2.45, 2.75) is 6.54 Å². The summed E-state index contributed by atoms with van der Waals surface area (Å²) in [5, 5.41) is 16.1. The minimum absolute atomic E-state index is 0. The molecule has 0 bridgehead atoms. The molecule has 30 heavy (non-hydrogen) atoms. The second-order valence-electron chi connectivity index (χ2n) is 6.67. The first kappa shape index (κ1) is 21.0. The van der Waals surface area contributed by atoms with Gasteiger partial charge >= 0.3 is 0 Å². The van der Waals surface area contributed by atoms with Gasteiger partial charge in [0, 0.05) is 17.2 Å². The molecule has 1 amide bonds. The monoisotopic (exact) mass is 417 g/mol. The molecule has 0 saturated carbocycles. The highest BCUT2D eigenvalue weighted by Crippen LogP contribution is 2.25. The Hall–Kier alpha value is -3.70. The lowest BCUT2D eigenvalue weighted by Crippen LogP contribution is -3.00. The summed E-state index contributed by atoms with van der Waals surface area (Å²) < 4.78 is 1.95. The predicted octanol–water partition coefficient (Wildman–Crippen LogP) is 0.649. The van der Waals surface area contributed by atoms with Crippen molar-refractivity contribution in [2.75, 3.05) is 0 Å². The number of halogens is 1. The van der Waals surface area contributed by atoms with Gasteiger partial charge in [-0.3, -0.25) is 4.79 Å². The third-order valence-corrected chi connectivity index (χ3v) is 4.64. The maximum Gasteiger partial charge on any atom is 0.277 e. The van der Waals surface area contributed by atoms with Crippen LogP contribution in [0.3, 0.4) is 0 Å². The fraction of sp³-hybridized carbons (Fsp3) is 0.0417. The molecule has 4 rings (SSSR count). The lowest BCUT2D eigenvalue weighted by molar-refractivity contribution is -0.688. The Balaban J connectivity index is 0.00000256. The standard InChI is InChI=1S/C24H19N3O2.ClH/c28-23-13-12-19-9-4-5-11-21(19)22(23)15-25-26-24(29)20-10-6-14-27(17-20)16-18-7-2-1-3-8-18;/h1-15,17H,16H2,(H-,25,26,28,29);1H. The number of nitrogens with zero attached hydrogens (tertiary/aromatic N) is 2. The number of rotatable bonds is 5. The highest BCUT2D eigenvalue weighted by atomic mass is 35.5. The smallest absolute Gasteiger partial charge is 0.277 e. The third-order valence-electron chi connectivity index (χ3n) is 4.64. The molecule has 0 radical (unpaired) electrons. The van der Waals surface area contributed by atoms with E-state index in [1.165, 1.54) is 6.21 Å². The summed E-state index contributed by atoms with van der Waals surface area (Å²) in [7, 11) is 0. The van der Waals surface area contributed by atoms with Crippen molar-refractivity contribution in [3.05, 3.63) is 108 Å². The molecule has 0 aliphatic rings. The highest BCUT2D eigenvalue weighted by Gasteiger charge is 2.11. The maximum atomic E-state index is 12.5. The third kappa shape index (κ3) is 4.82. The summed E-state index contributed by atoms with van der Waals surface area (Å²) in [6.07, 6.45) is 5.17. The van der Waals surface area contributed by atoms with Gasteiger partial charge in [-0.15, -0.1) is 0 Å². The van der Waals surface area contributed by atoms with E-state index >= 15 is 0 Å². The number of carbonyl (C=O) groups is 1. The van der Waals surface area contributed by atoms with E-state index in [0.717, 1.165) is 16.3 Å². The number of aromatic nitrogens is 1. The van der Waals surface area contributed by atoms with Crippen LogP contribution in [0.25, 0.3) is 10.8 Å². The summed E-state index contributed by atoms with van der Waals surface area (Å²) in [6, 6.07) is 24.8. The quantitative estimate of drug-likeness (QED) is 0.284. The Morgan fingerprint density at radius 2 is 1.73 bits per heavy atom. The van der Waals surface area contributed by atoms with Gasteiger partial charge in [0.25, 0.3) is 5.91 Å². The molecule has 0 spiro atoms. The molecule has 2 N–H and O–H groups in total. The van der Waals surface area contributed by atoms with Crippen LogP contribution in [0, 0.1) is 0 Å². The second-order valence-corrected chi connectivity index (χ2v) is 6.67. The molecule has 5 nitrogen and oxygen atoms in total. The number of phenols is 1. The van der Waals surface area contributed by atoms with Crippen molar-refractivity contribution < 1.29 is 26.9 Å². The van der Waals surface area contributed by atoms with E-state index in [1.807, 2.05) is 77.5 Å². The Kier molecular flexibility index (Phi) is 6.78. The minimum atomic E-state index is -0.316. The van der Waals surface area contributed by atoms with Crippen LogP contribution in [0.1, 0.15) is 21.5 Å². The molecular formula is C24H20ClN3O2. The largest absolute Gasteiger partial charge is 1.00 e. The fourth-order valence-corrected chi connectivity index (χ4v) is 3.19. The van der Waals surface area contributed by atoms with Gasteiger partial charge in [-0.25, -0.2) is 5.43 Å². The Morgan fingerprint density at radius 1 is 0.967 bits per heavy atom. The van der Waals surface area contributed by atoms with Gasteiger partial charge in [0.15, 0.2) is 18.9 Å². The molecule has 0 aliphatic heterocycles. The van der Waals surface area contributed by atoms with Crippen LogP contribution in [-0.4, -0.2) is 17.2 Å². The average molecular weight is 418 g/mol. The first-order valence-electron chi connectivity index (χ1n) is 9.28. The minimum Gasteiger partial charge on any atom is -1.00 e. The van der Waals surface area contributed by atoms with Crippen LogP contribution in [0.2, 0.25) is 0 Å². The zero-order valence-corrected chi connectivity index (χ0v) is 16.8. The fourth-order valence-electron chi connectivity index (χ4n) is 3.19. The lowest BCUT2D eigenvalue weighted by atomic mass is 10.0. The van der Waals surface area contributed by atoms with Gasteiger partial charge in [-0.2, -0.15) is 9.67 Å². The van der Waals surface area contributed by atoms with Crippen LogP contribution < -0.4 is 22.4 Å². The number of hydrazone groups is 1. The summed E-state index contributed by atoms with van der Waals surface area (Å²) in [6.45, 7) is 0.676. The van der Waals surface area contributed by atoms with E-state index < -0.39 is 0 Å². The number of aromatic hydroxyl groups is 1. The summed E-state index contributed by atoms with van der Waals surface area (Å²) >= 11 is 0.